The second-order valence-corrected chi connectivity index (χ2v) is 9.40. The van der Waals surface area contributed by atoms with Gasteiger partial charge < -0.3 is 19.3 Å². The van der Waals surface area contributed by atoms with E-state index < -0.39 is 0 Å². The number of anilines is 1. The first-order valence-electron chi connectivity index (χ1n) is 12.5. The monoisotopic (exact) mass is 479 g/mol. The molecule has 0 unspecified atom stereocenters. The second-order valence-electron chi connectivity index (χ2n) is 9.40. The van der Waals surface area contributed by atoms with Crippen molar-refractivity contribution in [3.05, 3.63) is 35.7 Å². The fourth-order valence-corrected chi connectivity index (χ4v) is 4.95. The van der Waals surface area contributed by atoms with Gasteiger partial charge in [0.2, 0.25) is 5.91 Å². The van der Waals surface area contributed by atoms with Crippen LogP contribution in [0.4, 0.5) is 5.82 Å². The first kappa shape index (κ1) is 24.8. The quantitative estimate of drug-likeness (QED) is 0.474. The number of rotatable bonds is 8. The topological polar surface area (TPSA) is 72.2 Å². The highest BCUT2D eigenvalue weighted by Gasteiger charge is 2.29. The Labute approximate surface area is 207 Å². The Balaban J connectivity index is 1.62. The van der Waals surface area contributed by atoms with Crippen molar-refractivity contribution in [3.63, 3.8) is 0 Å². The summed E-state index contributed by atoms with van der Waals surface area (Å²) >= 11 is 0. The van der Waals surface area contributed by atoms with Crippen LogP contribution in [-0.2, 0) is 4.79 Å². The molecule has 1 fully saturated rings. The van der Waals surface area contributed by atoms with Crippen LogP contribution in [0.2, 0.25) is 0 Å². The van der Waals surface area contributed by atoms with E-state index >= 15 is 0 Å². The van der Waals surface area contributed by atoms with Crippen molar-refractivity contribution in [2.75, 3.05) is 45.8 Å². The average molecular weight is 480 g/mol. The van der Waals surface area contributed by atoms with Gasteiger partial charge in [-0.05, 0) is 50.8 Å². The van der Waals surface area contributed by atoms with Gasteiger partial charge >= 0.3 is 0 Å². The normalized spacial score (nSPS) is 14.4. The number of piperidine rings is 1. The molecule has 1 amide bonds. The average Bonchev–Trinajstić information content (AvgIpc) is 3.21. The number of carbonyl (C=O) groups excluding carboxylic acids is 1. The number of ether oxygens (including phenoxy) is 2. The molecular formula is C27H37N5O3. The molecule has 3 heterocycles. The van der Waals surface area contributed by atoms with Crippen molar-refractivity contribution in [3.8, 4) is 22.6 Å². The van der Waals surface area contributed by atoms with Gasteiger partial charge in [-0.3, -0.25) is 4.79 Å². The van der Waals surface area contributed by atoms with Crippen LogP contribution in [0.15, 0.2) is 24.3 Å². The molecule has 1 aromatic carbocycles. The molecular weight excluding hydrogens is 442 g/mol. The largest absolute Gasteiger partial charge is 0.493 e. The molecule has 4 rings (SSSR count). The molecule has 188 valence electrons. The Morgan fingerprint density at radius 2 is 1.83 bits per heavy atom. The number of carbonyl (C=O) groups is 1. The van der Waals surface area contributed by atoms with E-state index in [1.165, 1.54) is 0 Å². The van der Waals surface area contributed by atoms with Gasteiger partial charge in [0.15, 0.2) is 17.1 Å². The van der Waals surface area contributed by atoms with Gasteiger partial charge in [-0.1, -0.05) is 19.4 Å². The Hall–Kier alpha value is -3.29. The van der Waals surface area contributed by atoms with E-state index in [-0.39, 0.29) is 11.8 Å². The molecule has 3 aromatic rings. The SMILES string of the molecule is CCCCN(C)C(=O)C1CCN(c2cc(C)nc3c(-c4ccc(OC)c(OC)c4)c(C)nn23)CC1. The Morgan fingerprint density at radius 3 is 2.49 bits per heavy atom. The fourth-order valence-electron chi connectivity index (χ4n) is 4.95. The van der Waals surface area contributed by atoms with Gasteiger partial charge in [0.25, 0.3) is 0 Å². The molecule has 35 heavy (non-hydrogen) atoms. The zero-order valence-corrected chi connectivity index (χ0v) is 21.8. The number of amides is 1. The summed E-state index contributed by atoms with van der Waals surface area (Å²) in [5, 5.41) is 4.89. The predicted octanol–water partition coefficient (Wildman–Crippen LogP) is 4.51. The van der Waals surface area contributed by atoms with Crippen LogP contribution in [0.25, 0.3) is 16.8 Å². The van der Waals surface area contributed by atoms with Crippen molar-refractivity contribution in [2.24, 2.45) is 5.92 Å². The van der Waals surface area contributed by atoms with Crippen molar-refractivity contribution in [2.45, 2.75) is 46.5 Å². The summed E-state index contributed by atoms with van der Waals surface area (Å²) in [6, 6.07) is 7.99. The van der Waals surface area contributed by atoms with Crippen molar-refractivity contribution >= 4 is 17.4 Å². The molecule has 0 saturated carbocycles. The van der Waals surface area contributed by atoms with Gasteiger partial charge in [-0.2, -0.15) is 9.61 Å². The van der Waals surface area contributed by atoms with Gasteiger partial charge in [-0.15, -0.1) is 0 Å². The number of methoxy groups -OCH3 is 2. The number of aryl methyl sites for hydroxylation is 2. The third-order valence-electron chi connectivity index (χ3n) is 6.94. The minimum atomic E-state index is 0.0909. The lowest BCUT2D eigenvalue weighted by atomic mass is 9.95. The third kappa shape index (κ3) is 4.92. The van der Waals surface area contributed by atoms with Crippen molar-refractivity contribution < 1.29 is 14.3 Å². The van der Waals surface area contributed by atoms with E-state index in [0.29, 0.717) is 11.5 Å². The number of fused-ring (bicyclic) bond motifs is 1. The molecule has 0 radical (unpaired) electrons. The van der Waals surface area contributed by atoms with E-state index in [1.54, 1.807) is 14.2 Å². The molecule has 1 saturated heterocycles. The maximum Gasteiger partial charge on any atom is 0.225 e. The van der Waals surface area contributed by atoms with Crippen molar-refractivity contribution in [1.82, 2.24) is 19.5 Å². The molecule has 0 aliphatic carbocycles. The molecule has 8 nitrogen and oxygen atoms in total. The standard InChI is InChI=1S/C27H37N5O3/c1-7-8-13-30(4)27(33)20-11-14-31(15-12-20)24-16-18(2)28-26-25(19(3)29-32(24)26)21-9-10-22(34-5)23(17-21)35-6/h9-10,16-17,20H,7-8,11-15H2,1-6H3. The molecule has 2 aromatic heterocycles. The van der Waals surface area contributed by atoms with Gasteiger partial charge in [-0.25, -0.2) is 4.98 Å². The Morgan fingerprint density at radius 1 is 1.11 bits per heavy atom. The Kier molecular flexibility index (Phi) is 7.48. The zero-order chi connectivity index (χ0) is 25.1. The molecule has 0 bridgehead atoms. The van der Waals surface area contributed by atoms with E-state index in [1.807, 2.05) is 48.5 Å². The minimum absolute atomic E-state index is 0.0909. The number of hydrogen-bond acceptors (Lipinski definition) is 6. The summed E-state index contributed by atoms with van der Waals surface area (Å²) < 4.78 is 12.9. The van der Waals surface area contributed by atoms with E-state index in [0.717, 1.165) is 79.3 Å². The summed E-state index contributed by atoms with van der Waals surface area (Å²) in [4.78, 5) is 22.0. The first-order chi connectivity index (χ1) is 16.9. The highest BCUT2D eigenvalue weighted by molar-refractivity contribution is 5.82. The highest BCUT2D eigenvalue weighted by atomic mass is 16.5. The number of nitrogens with zero attached hydrogens (tertiary/aromatic N) is 5. The number of benzene rings is 1. The maximum absolute atomic E-state index is 12.9. The molecule has 1 aliphatic rings. The summed E-state index contributed by atoms with van der Waals surface area (Å²) in [6.45, 7) is 8.66. The lowest BCUT2D eigenvalue weighted by Gasteiger charge is -2.34. The van der Waals surface area contributed by atoms with Crippen LogP contribution in [0.3, 0.4) is 0 Å². The van der Waals surface area contributed by atoms with E-state index in [4.69, 9.17) is 19.6 Å². The minimum Gasteiger partial charge on any atom is -0.493 e. The molecule has 0 atom stereocenters. The number of unbranched alkanes of at least 4 members (excludes halogenated alkanes) is 1. The van der Waals surface area contributed by atoms with Crippen LogP contribution in [0, 0.1) is 19.8 Å². The first-order valence-corrected chi connectivity index (χ1v) is 12.5. The number of aromatic nitrogens is 3. The van der Waals surface area contributed by atoms with Crippen LogP contribution in [-0.4, -0.2) is 66.3 Å². The van der Waals surface area contributed by atoms with Gasteiger partial charge in [0.05, 0.1) is 19.9 Å². The number of hydrogen-bond donors (Lipinski definition) is 0. The summed E-state index contributed by atoms with van der Waals surface area (Å²) in [6.07, 6.45) is 3.85. The fraction of sp³-hybridized carbons (Fsp3) is 0.519. The molecule has 0 N–H and O–H groups in total. The summed E-state index contributed by atoms with van der Waals surface area (Å²) in [7, 11) is 5.21. The zero-order valence-electron chi connectivity index (χ0n) is 21.8. The van der Waals surface area contributed by atoms with Crippen LogP contribution < -0.4 is 14.4 Å². The van der Waals surface area contributed by atoms with E-state index in [9.17, 15) is 4.79 Å². The lowest BCUT2D eigenvalue weighted by molar-refractivity contribution is -0.134. The van der Waals surface area contributed by atoms with Crippen molar-refractivity contribution in [1.29, 1.82) is 0 Å². The predicted molar refractivity (Wildman–Crippen MR) is 138 cm³/mol. The second kappa shape index (κ2) is 10.5. The Bertz CT molecular complexity index is 1200. The molecule has 8 heteroatoms. The smallest absolute Gasteiger partial charge is 0.225 e. The third-order valence-corrected chi connectivity index (χ3v) is 6.94. The molecule has 1 aliphatic heterocycles. The maximum atomic E-state index is 12.9. The highest BCUT2D eigenvalue weighted by Crippen LogP contribution is 2.36. The van der Waals surface area contributed by atoms with E-state index in [2.05, 4.69) is 17.9 Å². The lowest BCUT2D eigenvalue weighted by Crippen LogP contribution is -2.42. The summed E-state index contributed by atoms with van der Waals surface area (Å²) in [5.74, 6) is 2.75. The van der Waals surface area contributed by atoms with Crippen LogP contribution in [0.1, 0.15) is 44.0 Å². The summed E-state index contributed by atoms with van der Waals surface area (Å²) in [5.41, 5.74) is 4.63. The molecule has 0 spiro atoms. The van der Waals surface area contributed by atoms with Gasteiger partial charge in [0.1, 0.15) is 5.82 Å². The van der Waals surface area contributed by atoms with Gasteiger partial charge in [0, 0.05) is 49.9 Å². The van der Waals surface area contributed by atoms with Crippen LogP contribution >= 0.6 is 0 Å². The van der Waals surface area contributed by atoms with Crippen LogP contribution in [0.5, 0.6) is 11.5 Å².